The molecule has 2 heterocycles. The van der Waals surface area contributed by atoms with Crippen molar-refractivity contribution in [2.45, 2.75) is 19.9 Å². The third-order valence-corrected chi connectivity index (χ3v) is 4.24. The topological polar surface area (TPSA) is 81.0 Å². The maximum absolute atomic E-state index is 12.5. The Morgan fingerprint density at radius 2 is 2.04 bits per heavy atom. The minimum absolute atomic E-state index is 0.126. The zero-order chi connectivity index (χ0) is 17.8. The SMILES string of the molecule is CCN(C(=O)CCn1nnc2ccccc2c1=O)c1ccc(Br)cn1. The van der Waals surface area contributed by atoms with Gasteiger partial charge in [0.1, 0.15) is 11.3 Å². The van der Waals surface area contributed by atoms with Crippen molar-refractivity contribution in [3.8, 4) is 0 Å². The van der Waals surface area contributed by atoms with E-state index in [1.54, 1.807) is 41.4 Å². The van der Waals surface area contributed by atoms with E-state index in [4.69, 9.17) is 0 Å². The highest BCUT2D eigenvalue weighted by molar-refractivity contribution is 9.10. The van der Waals surface area contributed by atoms with Gasteiger partial charge in [-0.1, -0.05) is 17.3 Å². The minimum atomic E-state index is -0.247. The molecule has 1 amide bonds. The van der Waals surface area contributed by atoms with Crippen LogP contribution in [0.1, 0.15) is 13.3 Å². The van der Waals surface area contributed by atoms with Crippen LogP contribution in [0, 0.1) is 0 Å². The molecule has 0 bridgehead atoms. The molecule has 3 aromatic rings. The van der Waals surface area contributed by atoms with E-state index in [0.29, 0.717) is 23.3 Å². The number of carbonyl (C=O) groups excluding carboxylic acids is 1. The molecule has 3 rings (SSSR count). The van der Waals surface area contributed by atoms with Crippen molar-refractivity contribution >= 4 is 38.6 Å². The third-order valence-electron chi connectivity index (χ3n) is 3.77. The first-order chi connectivity index (χ1) is 12.1. The van der Waals surface area contributed by atoms with Crippen molar-refractivity contribution in [2.24, 2.45) is 0 Å². The Balaban J connectivity index is 1.76. The molecule has 0 N–H and O–H groups in total. The molecule has 8 heteroatoms. The number of benzene rings is 1. The fourth-order valence-electron chi connectivity index (χ4n) is 2.50. The summed E-state index contributed by atoms with van der Waals surface area (Å²) in [6, 6.07) is 10.6. The van der Waals surface area contributed by atoms with Crippen LogP contribution in [-0.4, -0.2) is 32.4 Å². The van der Waals surface area contributed by atoms with Crippen molar-refractivity contribution in [1.29, 1.82) is 0 Å². The molecule has 0 radical (unpaired) electrons. The van der Waals surface area contributed by atoms with E-state index < -0.39 is 0 Å². The average molecular weight is 402 g/mol. The lowest BCUT2D eigenvalue weighted by Crippen LogP contribution is -2.33. The summed E-state index contributed by atoms with van der Waals surface area (Å²) in [5.41, 5.74) is 0.299. The Labute approximate surface area is 152 Å². The highest BCUT2D eigenvalue weighted by atomic mass is 79.9. The quantitative estimate of drug-likeness (QED) is 0.655. The number of hydrogen-bond acceptors (Lipinski definition) is 5. The molecule has 7 nitrogen and oxygen atoms in total. The molecule has 2 aromatic heterocycles. The van der Waals surface area contributed by atoms with E-state index in [-0.39, 0.29) is 24.4 Å². The van der Waals surface area contributed by atoms with E-state index in [1.807, 2.05) is 13.0 Å². The predicted octanol–water partition coefficient (Wildman–Crippen LogP) is 2.39. The molecule has 0 saturated carbocycles. The standard InChI is InChI=1S/C17H16BrN5O2/c1-2-22(15-8-7-12(18)11-19-15)16(24)9-10-23-17(25)13-5-3-4-6-14(13)20-21-23/h3-8,11H,2,9-10H2,1H3. The number of fused-ring (bicyclic) bond motifs is 1. The molecule has 0 spiro atoms. The van der Waals surface area contributed by atoms with Gasteiger partial charge in [0.05, 0.1) is 11.9 Å². The van der Waals surface area contributed by atoms with Gasteiger partial charge < -0.3 is 0 Å². The molecule has 0 unspecified atom stereocenters. The Hall–Kier alpha value is -2.61. The van der Waals surface area contributed by atoms with Gasteiger partial charge in [-0.25, -0.2) is 9.67 Å². The highest BCUT2D eigenvalue weighted by Crippen LogP contribution is 2.15. The van der Waals surface area contributed by atoms with Gasteiger partial charge in [0, 0.05) is 23.6 Å². The molecule has 0 saturated heterocycles. The number of rotatable bonds is 5. The van der Waals surface area contributed by atoms with Crippen LogP contribution in [-0.2, 0) is 11.3 Å². The van der Waals surface area contributed by atoms with Crippen LogP contribution in [0.15, 0.2) is 51.9 Å². The first kappa shape index (κ1) is 17.2. The lowest BCUT2D eigenvalue weighted by molar-refractivity contribution is -0.118. The van der Waals surface area contributed by atoms with Gasteiger partial charge in [0.15, 0.2) is 0 Å². The lowest BCUT2D eigenvalue weighted by Gasteiger charge is -2.19. The summed E-state index contributed by atoms with van der Waals surface area (Å²) in [6.07, 6.45) is 1.78. The summed E-state index contributed by atoms with van der Waals surface area (Å²) in [5.74, 6) is 0.451. The largest absolute Gasteiger partial charge is 0.297 e. The number of aryl methyl sites for hydroxylation is 1. The Morgan fingerprint density at radius 3 is 2.76 bits per heavy atom. The number of amides is 1. The lowest BCUT2D eigenvalue weighted by atomic mass is 10.2. The second-order valence-corrected chi connectivity index (χ2v) is 6.27. The van der Waals surface area contributed by atoms with Crippen LogP contribution >= 0.6 is 15.9 Å². The van der Waals surface area contributed by atoms with Gasteiger partial charge in [0.2, 0.25) is 5.91 Å². The molecule has 128 valence electrons. The minimum Gasteiger partial charge on any atom is -0.297 e. The van der Waals surface area contributed by atoms with Crippen LogP contribution in [0.25, 0.3) is 10.9 Å². The van der Waals surface area contributed by atoms with Gasteiger partial charge >= 0.3 is 0 Å². The number of halogens is 1. The average Bonchev–Trinajstić information content (AvgIpc) is 2.63. The summed E-state index contributed by atoms with van der Waals surface area (Å²) in [7, 11) is 0. The number of aromatic nitrogens is 4. The Kier molecular flexibility index (Phi) is 5.18. The van der Waals surface area contributed by atoms with Crippen LogP contribution in [0.4, 0.5) is 5.82 Å². The first-order valence-electron chi connectivity index (χ1n) is 7.84. The van der Waals surface area contributed by atoms with Crippen molar-refractivity contribution in [2.75, 3.05) is 11.4 Å². The maximum atomic E-state index is 12.5. The van der Waals surface area contributed by atoms with Crippen LogP contribution in [0.3, 0.4) is 0 Å². The van der Waals surface area contributed by atoms with Gasteiger partial charge in [0.25, 0.3) is 5.56 Å². The van der Waals surface area contributed by atoms with Gasteiger partial charge in [-0.15, -0.1) is 5.10 Å². The van der Waals surface area contributed by atoms with Crippen molar-refractivity contribution in [3.05, 3.63) is 57.4 Å². The Bertz CT molecular complexity index is 955. The summed E-state index contributed by atoms with van der Waals surface area (Å²) < 4.78 is 2.07. The van der Waals surface area contributed by atoms with E-state index >= 15 is 0 Å². The van der Waals surface area contributed by atoms with Crippen LogP contribution in [0.2, 0.25) is 0 Å². The molecule has 0 aliphatic rings. The van der Waals surface area contributed by atoms with Gasteiger partial charge in [-0.3, -0.25) is 14.5 Å². The highest BCUT2D eigenvalue weighted by Gasteiger charge is 2.16. The van der Waals surface area contributed by atoms with Crippen LogP contribution < -0.4 is 10.5 Å². The molecule has 25 heavy (non-hydrogen) atoms. The number of nitrogens with zero attached hydrogens (tertiary/aromatic N) is 5. The maximum Gasteiger partial charge on any atom is 0.277 e. The molecule has 0 aliphatic carbocycles. The molecule has 1 aromatic carbocycles. The zero-order valence-electron chi connectivity index (χ0n) is 13.6. The third kappa shape index (κ3) is 3.74. The van der Waals surface area contributed by atoms with Gasteiger partial charge in [-0.2, -0.15) is 0 Å². The second-order valence-electron chi connectivity index (χ2n) is 5.36. The van der Waals surface area contributed by atoms with E-state index in [9.17, 15) is 9.59 Å². The molecule has 0 atom stereocenters. The van der Waals surface area contributed by atoms with Crippen molar-refractivity contribution < 1.29 is 4.79 Å². The number of anilines is 1. The van der Waals surface area contributed by atoms with E-state index in [1.165, 1.54) is 4.68 Å². The summed E-state index contributed by atoms with van der Waals surface area (Å²) >= 11 is 3.32. The van der Waals surface area contributed by atoms with Crippen molar-refractivity contribution in [1.82, 2.24) is 20.0 Å². The van der Waals surface area contributed by atoms with Crippen molar-refractivity contribution in [3.63, 3.8) is 0 Å². The van der Waals surface area contributed by atoms with Crippen LogP contribution in [0.5, 0.6) is 0 Å². The molecular weight excluding hydrogens is 386 g/mol. The Morgan fingerprint density at radius 1 is 1.24 bits per heavy atom. The summed E-state index contributed by atoms with van der Waals surface area (Å²) in [6.45, 7) is 2.54. The molecule has 0 aliphatic heterocycles. The monoisotopic (exact) mass is 401 g/mol. The molecular formula is C17H16BrN5O2. The second kappa shape index (κ2) is 7.52. The van der Waals surface area contributed by atoms with E-state index in [2.05, 4.69) is 31.2 Å². The summed E-state index contributed by atoms with van der Waals surface area (Å²) in [5, 5.41) is 8.43. The van der Waals surface area contributed by atoms with E-state index in [0.717, 1.165) is 4.47 Å². The number of carbonyl (C=O) groups is 1. The normalized spacial score (nSPS) is 10.8. The number of pyridine rings is 1. The summed E-state index contributed by atoms with van der Waals surface area (Å²) in [4.78, 5) is 30.7. The first-order valence-corrected chi connectivity index (χ1v) is 8.64. The molecule has 0 fully saturated rings. The number of hydrogen-bond donors (Lipinski definition) is 0. The van der Waals surface area contributed by atoms with Gasteiger partial charge in [-0.05, 0) is 47.1 Å². The zero-order valence-corrected chi connectivity index (χ0v) is 15.2. The fourth-order valence-corrected chi connectivity index (χ4v) is 2.73. The smallest absolute Gasteiger partial charge is 0.277 e. The fraction of sp³-hybridized carbons (Fsp3) is 0.235. The predicted molar refractivity (Wildman–Crippen MR) is 98.4 cm³/mol.